The lowest BCUT2D eigenvalue weighted by Gasteiger charge is -2.23. The summed E-state index contributed by atoms with van der Waals surface area (Å²) in [6.07, 6.45) is 4.89. The molecule has 1 N–H and O–H groups in total. The van der Waals surface area contributed by atoms with Gasteiger partial charge in [0.2, 0.25) is 0 Å². The van der Waals surface area contributed by atoms with Crippen LogP contribution >= 0.6 is 35.6 Å². The van der Waals surface area contributed by atoms with Crippen molar-refractivity contribution in [2.24, 2.45) is 4.99 Å². The van der Waals surface area contributed by atoms with E-state index in [1.54, 1.807) is 6.33 Å². The van der Waals surface area contributed by atoms with Gasteiger partial charge in [-0.05, 0) is 24.1 Å². The van der Waals surface area contributed by atoms with Crippen molar-refractivity contribution in [2.45, 2.75) is 46.2 Å². The molecule has 0 spiro atoms. The maximum atomic E-state index is 5.98. The van der Waals surface area contributed by atoms with Crippen LogP contribution in [0.1, 0.15) is 38.1 Å². The number of aliphatic imine (C=N–C) groups is 1. The van der Waals surface area contributed by atoms with Gasteiger partial charge in [0.25, 0.3) is 0 Å². The molecule has 0 bridgehead atoms. The number of hydrogen-bond donors (Lipinski definition) is 1. The molecule has 0 unspecified atom stereocenters. The van der Waals surface area contributed by atoms with Gasteiger partial charge < -0.3 is 14.8 Å². The van der Waals surface area contributed by atoms with Gasteiger partial charge in [-0.15, -0.1) is 34.2 Å². The molecule has 0 amide bonds. The maximum absolute atomic E-state index is 5.98. The molecule has 2 aromatic rings. The minimum Gasteiger partial charge on any atom is -0.354 e. The van der Waals surface area contributed by atoms with Gasteiger partial charge in [-0.3, -0.25) is 4.99 Å². The Kier molecular flexibility index (Phi) is 11.3. The third-order valence-electron chi connectivity index (χ3n) is 4.12. The lowest BCUT2D eigenvalue weighted by molar-refractivity contribution is 0.470. The van der Waals surface area contributed by atoms with Crippen LogP contribution in [-0.4, -0.2) is 45.8 Å². The van der Waals surface area contributed by atoms with E-state index >= 15 is 0 Å². The molecule has 0 aliphatic rings. The van der Waals surface area contributed by atoms with Crippen molar-refractivity contribution in [1.29, 1.82) is 0 Å². The van der Waals surface area contributed by atoms with Crippen LogP contribution in [0.2, 0.25) is 5.02 Å². The first-order valence-corrected chi connectivity index (χ1v) is 9.62. The van der Waals surface area contributed by atoms with Crippen LogP contribution in [0.5, 0.6) is 0 Å². The smallest absolute Gasteiger partial charge is 0.194 e. The summed E-state index contributed by atoms with van der Waals surface area (Å²) in [5.74, 6) is 1.92. The van der Waals surface area contributed by atoms with E-state index in [-0.39, 0.29) is 24.0 Å². The molecule has 6 nitrogen and oxygen atoms in total. The second kappa shape index (κ2) is 12.9. The highest BCUT2D eigenvalue weighted by atomic mass is 127. The van der Waals surface area contributed by atoms with Crippen LogP contribution in [0.4, 0.5) is 0 Å². The fourth-order valence-corrected chi connectivity index (χ4v) is 2.75. The minimum atomic E-state index is 0. The summed E-state index contributed by atoms with van der Waals surface area (Å²) in [7, 11) is 2.06. The zero-order chi connectivity index (χ0) is 18.8. The van der Waals surface area contributed by atoms with E-state index in [2.05, 4.69) is 45.9 Å². The number of nitrogens with one attached hydrogen (secondary N) is 1. The fourth-order valence-electron chi connectivity index (χ4n) is 2.62. The number of guanidine groups is 1. The van der Waals surface area contributed by atoms with Crippen molar-refractivity contribution < 1.29 is 0 Å². The minimum absolute atomic E-state index is 0. The summed E-state index contributed by atoms with van der Waals surface area (Å²) in [6.45, 7) is 7.47. The molecule has 1 aromatic heterocycles. The maximum Gasteiger partial charge on any atom is 0.194 e. The van der Waals surface area contributed by atoms with Gasteiger partial charge in [-0.2, -0.15) is 0 Å². The summed E-state index contributed by atoms with van der Waals surface area (Å²) in [4.78, 5) is 6.90. The Labute approximate surface area is 184 Å². The SMILES string of the molecule is CCCCN=C(NCCn1cnnc1CC)N(C)Cc1ccc(Cl)cc1.I. The van der Waals surface area contributed by atoms with Gasteiger partial charge >= 0.3 is 0 Å². The molecule has 150 valence electrons. The lowest BCUT2D eigenvalue weighted by Crippen LogP contribution is -2.40. The van der Waals surface area contributed by atoms with Gasteiger partial charge in [0.15, 0.2) is 5.96 Å². The monoisotopic (exact) mass is 504 g/mol. The third-order valence-corrected chi connectivity index (χ3v) is 4.37. The molecular formula is C19H30ClIN6. The van der Waals surface area contributed by atoms with Gasteiger partial charge in [-0.25, -0.2) is 0 Å². The molecule has 27 heavy (non-hydrogen) atoms. The number of hydrogen-bond acceptors (Lipinski definition) is 3. The highest BCUT2D eigenvalue weighted by Crippen LogP contribution is 2.11. The van der Waals surface area contributed by atoms with Gasteiger partial charge in [0.05, 0.1) is 0 Å². The van der Waals surface area contributed by atoms with Crippen LogP contribution in [0.15, 0.2) is 35.6 Å². The normalized spacial score (nSPS) is 11.2. The number of halogens is 2. The van der Waals surface area contributed by atoms with Crippen molar-refractivity contribution >= 4 is 41.5 Å². The van der Waals surface area contributed by atoms with E-state index in [9.17, 15) is 0 Å². The first-order valence-electron chi connectivity index (χ1n) is 9.24. The average molecular weight is 505 g/mol. The van der Waals surface area contributed by atoms with E-state index in [4.69, 9.17) is 16.6 Å². The molecule has 0 saturated heterocycles. The van der Waals surface area contributed by atoms with Gasteiger partial charge in [0, 0.05) is 44.7 Å². The number of unbranched alkanes of at least 4 members (excludes halogenated alkanes) is 1. The fraction of sp³-hybridized carbons (Fsp3) is 0.526. The highest BCUT2D eigenvalue weighted by molar-refractivity contribution is 14.0. The molecule has 0 atom stereocenters. The van der Waals surface area contributed by atoms with Gasteiger partial charge in [-0.1, -0.05) is 44.0 Å². The standard InChI is InChI=1S/C19H29ClN6.HI/c1-4-6-11-21-19(22-12-13-26-15-23-24-18(26)5-2)25(3)14-16-7-9-17(20)10-8-16;/h7-10,15H,4-6,11-14H2,1-3H3,(H,21,22);1H. The quantitative estimate of drug-likeness (QED) is 0.243. The zero-order valence-electron chi connectivity index (χ0n) is 16.4. The molecule has 0 aliphatic heterocycles. The number of rotatable bonds is 9. The number of aryl methyl sites for hydroxylation is 1. The van der Waals surface area contributed by atoms with Crippen molar-refractivity contribution in [1.82, 2.24) is 25.0 Å². The lowest BCUT2D eigenvalue weighted by atomic mass is 10.2. The Morgan fingerprint density at radius 3 is 2.67 bits per heavy atom. The molecule has 8 heteroatoms. The number of benzene rings is 1. The number of nitrogens with zero attached hydrogens (tertiary/aromatic N) is 5. The second-order valence-electron chi connectivity index (χ2n) is 6.26. The van der Waals surface area contributed by atoms with E-state index in [0.717, 1.165) is 62.2 Å². The van der Waals surface area contributed by atoms with Crippen molar-refractivity contribution in [3.8, 4) is 0 Å². The summed E-state index contributed by atoms with van der Waals surface area (Å²) < 4.78 is 2.08. The van der Waals surface area contributed by atoms with Gasteiger partial charge in [0.1, 0.15) is 12.2 Å². The summed E-state index contributed by atoms with van der Waals surface area (Å²) in [5, 5.41) is 12.3. The van der Waals surface area contributed by atoms with Crippen LogP contribution in [0.25, 0.3) is 0 Å². The predicted octanol–water partition coefficient (Wildman–Crippen LogP) is 3.99. The molecule has 0 fully saturated rings. The highest BCUT2D eigenvalue weighted by Gasteiger charge is 2.08. The van der Waals surface area contributed by atoms with Crippen LogP contribution < -0.4 is 5.32 Å². The van der Waals surface area contributed by atoms with E-state index in [0.29, 0.717) is 0 Å². The second-order valence-corrected chi connectivity index (χ2v) is 6.70. The first-order chi connectivity index (χ1) is 12.6. The summed E-state index contributed by atoms with van der Waals surface area (Å²) >= 11 is 5.98. The molecular weight excluding hydrogens is 475 g/mol. The Morgan fingerprint density at radius 1 is 1.26 bits per heavy atom. The van der Waals surface area contributed by atoms with Crippen LogP contribution in [0, 0.1) is 0 Å². The Balaban J connectivity index is 0.00000364. The topological polar surface area (TPSA) is 58.3 Å². The predicted molar refractivity (Wildman–Crippen MR) is 123 cm³/mol. The molecule has 0 radical (unpaired) electrons. The van der Waals surface area contributed by atoms with E-state index in [1.165, 1.54) is 5.56 Å². The molecule has 2 rings (SSSR count). The molecule has 0 aliphatic carbocycles. The van der Waals surface area contributed by atoms with Crippen molar-refractivity contribution in [3.05, 3.63) is 47.0 Å². The van der Waals surface area contributed by atoms with Crippen molar-refractivity contribution in [2.75, 3.05) is 20.1 Å². The Bertz CT molecular complexity index is 686. The first kappa shape index (κ1) is 23.7. The molecule has 0 saturated carbocycles. The number of aromatic nitrogens is 3. The summed E-state index contributed by atoms with van der Waals surface area (Å²) in [5.41, 5.74) is 1.20. The molecule has 1 aromatic carbocycles. The molecule has 1 heterocycles. The van der Waals surface area contributed by atoms with Crippen LogP contribution in [-0.2, 0) is 19.5 Å². The largest absolute Gasteiger partial charge is 0.354 e. The van der Waals surface area contributed by atoms with E-state index < -0.39 is 0 Å². The van der Waals surface area contributed by atoms with Crippen LogP contribution in [0.3, 0.4) is 0 Å². The third kappa shape index (κ3) is 8.04. The van der Waals surface area contributed by atoms with Crippen molar-refractivity contribution in [3.63, 3.8) is 0 Å². The average Bonchev–Trinajstić information content (AvgIpc) is 3.10. The van der Waals surface area contributed by atoms with E-state index in [1.807, 2.05) is 24.3 Å². The summed E-state index contributed by atoms with van der Waals surface area (Å²) in [6, 6.07) is 7.94. The zero-order valence-corrected chi connectivity index (χ0v) is 19.4. The Hall–Kier alpha value is -1.35. The Morgan fingerprint density at radius 2 is 2.00 bits per heavy atom.